The van der Waals surface area contributed by atoms with Crippen LogP contribution in [0.5, 0.6) is 0 Å². The number of fused-ring (bicyclic) bond motifs is 3. The van der Waals surface area contributed by atoms with Crippen LogP contribution in [0.1, 0.15) is 28.7 Å². The molecule has 0 heterocycles. The van der Waals surface area contributed by atoms with Crippen molar-refractivity contribution in [3.63, 3.8) is 0 Å². The Morgan fingerprint density at radius 2 is 1.26 bits per heavy atom. The van der Waals surface area contributed by atoms with E-state index in [-0.39, 0.29) is 24.8 Å². The van der Waals surface area contributed by atoms with Gasteiger partial charge in [-0.3, -0.25) is 6.08 Å². The Labute approximate surface area is 230 Å². The largest absolute Gasteiger partial charge is 0.179 e. The minimum absolute atomic E-state index is 0. The molecule has 0 bridgehead atoms. The van der Waals surface area contributed by atoms with E-state index in [9.17, 15) is 0 Å². The van der Waals surface area contributed by atoms with Gasteiger partial charge in [-0.1, -0.05) is 35.4 Å². The van der Waals surface area contributed by atoms with E-state index in [1.165, 1.54) is 60.8 Å². The van der Waals surface area contributed by atoms with Gasteiger partial charge in [0.15, 0.2) is 0 Å². The van der Waals surface area contributed by atoms with Gasteiger partial charge in [-0.15, -0.1) is 36.8 Å². The number of benzene rings is 4. The van der Waals surface area contributed by atoms with E-state index in [0.29, 0.717) is 0 Å². The van der Waals surface area contributed by atoms with Gasteiger partial charge >= 0.3 is 99.2 Å². The van der Waals surface area contributed by atoms with Gasteiger partial charge in [-0.05, 0) is 6.42 Å². The summed E-state index contributed by atoms with van der Waals surface area (Å²) in [6.07, 6.45) is 11.0. The maximum Gasteiger partial charge on any atom is -0.0253 e. The summed E-state index contributed by atoms with van der Waals surface area (Å²) >= 11 is 1.46. The number of allylic oxidation sites excluding steroid dienone is 4. The monoisotopic (exact) mass is 558 g/mol. The third-order valence-electron chi connectivity index (χ3n) is 5.33. The molecule has 0 spiro atoms. The molecule has 0 nitrogen and oxygen atoms in total. The Bertz CT molecular complexity index is 1130. The van der Waals surface area contributed by atoms with Gasteiger partial charge in [0.25, 0.3) is 0 Å². The maximum absolute atomic E-state index is 3.30. The number of halogens is 2. The molecule has 34 heavy (non-hydrogen) atoms. The molecular formula is C31H26Cl2Zr. The van der Waals surface area contributed by atoms with E-state index < -0.39 is 0 Å². The van der Waals surface area contributed by atoms with Crippen LogP contribution in [0.4, 0.5) is 0 Å². The fraction of sp³-hybridized carbons (Fsp3) is 0.0645. The van der Waals surface area contributed by atoms with Crippen molar-refractivity contribution in [2.75, 3.05) is 0 Å². The fourth-order valence-electron chi connectivity index (χ4n) is 3.71. The van der Waals surface area contributed by atoms with Gasteiger partial charge in [-0.2, -0.15) is 35.9 Å². The standard InChI is InChI=1S/C13H9.C13H10.C5H5.2ClH.Zr/c1-3-7-12-10(5-1)9-11-6-2-4-8-13(11)12;1-3-7-12(8-4-1)11-13-9-5-2-6-10-13;1-2-4-5-3-1;;;/h1-5,7-8H,9H2;1-10H;1-3H,4H2;2*1H;/q-1;;-1;;;+2. The van der Waals surface area contributed by atoms with Crippen LogP contribution in [0.15, 0.2) is 121 Å². The third-order valence-corrected chi connectivity index (χ3v) is 6.75. The molecule has 0 saturated carbocycles. The zero-order valence-electron chi connectivity index (χ0n) is 18.8. The van der Waals surface area contributed by atoms with Crippen molar-refractivity contribution in [2.24, 2.45) is 0 Å². The quantitative estimate of drug-likeness (QED) is 0.192. The fourth-order valence-corrected chi connectivity index (χ4v) is 4.53. The van der Waals surface area contributed by atoms with Crippen LogP contribution in [-0.4, -0.2) is 3.21 Å². The first-order valence-electron chi connectivity index (χ1n) is 10.8. The molecule has 4 aromatic carbocycles. The summed E-state index contributed by atoms with van der Waals surface area (Å²) in [5.74, 6) is 0. The van der Waals surface area contributed by atoms with Gasteiger partial charge < -0.3 is 0 Å². The Balaban J connectivity index is 0.000000191. The molecule has 2 aliphatic carbocycles. The Hall–Kier alpha value is -2.31. The molecule has 0 N–H and O–H groups in total. The van der Waals surface area contributed by atoms with Crippen molar-refractivity contribution >= 4 is 28.0 Å². The average Bonchev–Trinajstić information content (AvgIpc) is 3.57. The summed E-state index contributed by atoms with van der Waals surface area (Å²) < 4.78 is 1.42. The summed E-state index contributed by atoms with van der Waals surface area (Å²) in [6, 6.07) is 39.2. The summed E-state index contributed by atoms with van der Waals surface area (Å²) in [6.45, 7) is 0. The molecule has 2 aliphatic rings. The molecule has 168 valence electrons. The van der Waals surface area contributed by atoms with Crippen LogP contribution in [-0.2, 0) is 30.7 Å². The number of hydrogen-bond acceptors (Lipinski definition) is 0. The summed E-state index contributed by atoms with van der Waals surface area (Å²) in [7, 11) is 0. The van der Waals surface area contributed by atoms with Crippen molar-refractivity contribution in [1.82, 2.24) is 0 Å². The smallest absolute Gasteiger partial charge is 0.0253 e. The zero-order valence-corrected chi connectivity index (χ0v) is 22.9. The van der Waals surface area contributed by atoms with Gasteiger partial charge in [0, 0.05) is 0 Å². The molecule has 0 amide bonds. The first kappa shape index (κ1) is 27.9. The molecule has 0 saturated heterocycles. The Morgan fingerprint density at radius 3 is 1.82 bits per heavy atom. The van der Waals surface area contributed by atoms with Gasteiger partial charge in [0.05, 0.1) is 0 Å². The normalized spacial score (nSPS) is 11.4. The van der Waals surface area contributed by atoms with Crippen molar-refractivity contribution in [1.29, 1.82) is 0 Å². The molecule has 0 fully saturated rings. The maximum atomic E-state index is 3.30. The van der Waals surface area contributed by atoms with Crippen molar-refractivity contribution < 1.29 is 24.2 Å². The van der Waals surface area contributed by atoms with E-state index in [2.05, 4.69) is 115 Å². The molecule has 0 radical (unpaired) electrons. The van der Waals surface area contributed by atoms with Crippen molar-refractivity contribution in [3.8, 4) is 11.1 Å². The van der Waals surface area contributed by atoms with Crippen LogP contribution in [0, 0.1) is 12.1 Å². The summed E-state index contributed by atoms with van der Waals surface area (Å²) in [5.41, 5.74) is 8.17. The predicted molar refractivity (Wildman–Crippen MR) is 146 cm³/mol. The number of rotatable bonds is 2. The minimum atomic E-state index is 0. The Kier molecular flexibility index (Phi) is 12.2. The van der Waals surface area contributed by atoms with E-state index in [1.807, 2.05) is 18.2 Å². The topological polar surface area (TPSA) is 0 Å². The number of hydrogen-bond donors (Lipinski definition) is 0. The Morgan fingerprint density at radius 1 is 0.676 bits per heavy atom. The molecular weight excluding hydrogens is 534 g/mol. The minimum Gasteiger partial charge on any atom is -0.179 e. The van der Waals surface area contributed by atoms with E-state index in [4.69, 9.17) is 0 Å². The zero-order chi connectivity index (χ0) is 22.0. The summed E-state index contributed by atoms with van der Waals surface area (Å²) in [5, 5.41) is 0. The SMILES string of the molecule is Cl.Cl.[C-]1=CC=CC1.[Zr+2]=[C](c1ccccc1)c1ccccc1.[c-]1cccc2c1Cc1ccccc1-2. The van der Waals surface area contributed by atoms with E-state index in [0.717, 1.165) is 12.8 Å². The first-order valence-corrected chi connectivity index (χ1v) is 12.0. The molecule has 0 unspecified atom stereocenters. The van der Waals surface area contributed by atoms with E-state index >= 15 is 0 Å². The molecule has 0 aliphatic heterocycles. The molecule has 4 aromatic rings. The first-order chi connectivity index (χ1) is 15.8. The second kappa shape index (κ2) is 14.8. The van der Waals surface area contributed by atoms with Crippen LogP contribution in [0.25, 0.3) is 11.1 Å². The second-order valence-electron chi connectivity index (χ2n) is 7.51. The van der Waals surface area contributed by atoms with Crippen molar-refractivity contribution in [3.05, 3.63) is 156 Å². The second-order valence-corrected chi connectivity index (χ2v) is 8.74. The van der Waals surface area contributed by atoms with Crippen LogP contribution in [0.2, 0.25) is 0 Å². The average molecular weight is 561 g/mol. The van der Waals surface area contributed by atoms with Gasteiger partial charge in [-0.25, -0.2) is 12.2 Å². The summed E-state index contributed by atoms with van der Waals surface area (Å²) in [4.78, 5) is 0. The molecule has 6 rings (SSSR count). The molecule has 0 atom stereocenters. The third kappa shape index (κ3) is 7.61. The predicted octanol–water partition coefficient (Wildman–Crippen LogP) is 8.01. The molecule has 3 heteroatoms. The van der Waals surface area contributed by atoms with Gasteiger partial charge in [0.2, 0.25) is 0 Å². The van der Waals surface area contributed by atoms with Crippen LogP contribution >= 0.6 is 24.8 Å². The van der Waals surface area contributed by atoms with E-state index in [1.54, 1.807) is 0 Å². The van der Waals surface area contributed by atoms with Crippen molar-refractivity contribution in [2.45, 2.75) is 12.8 Å². The molecule has 0 aromatic heterocycles. The van der Waals surface area contributed by atoms with Crippen LogP contribution in [0.3, 0.4) is 0 Å². The van der Waals surface area contributed by atoms with Gasteiger partial charge in [0.1, 0.15) is 0 Å². The van der Waals surface area contributed by atoms with Crippen LogP contribution < -0.4 is 0 Å².